The minimum absolute atomic E-state index is 0.0285. The molecule has 0 fully saturated rings. The van der Waals surface area contributed by atoms with E-state index in [-0.39, 0.29) is 5.75 Å². The zero-order valence-corrected chi connectivity index (χ0v) is 7.10. The van der Waals surface area contributed by atoms with E-state index in [1.54, 1.807) is 12.1 Å². The van der Waals surface area contributed by atoms with Crippen molar-refractivity contribution in [2.24, 2.45) is 0 Å². The predicted molar refractivity (Wildman–Crippen MR) is 45.5 cm³/mol. The van der Waals surface area contributed by atoms with Crippen LogP contribution in [0.25, 0.3) is 0 Å². The highest BCUT2D eigenvalue weighted by Crippen LogP contribution is 2.20. The van der Waals surface area contributed by atoms with Gasteiger partial charge in [-0.25, -0.2) is 4.79 Å². The van der Waals surface area contributed by atoms with Crippen molar-refractivity contribution < 1.29 is 19.7 Å². The minimum Gasteiger partial charge on any atom is -0.508 e. The van der Waals surface area contributed by atoms with Crippen molar-refractivity contribution in [3.05, 3.63) is 29.8 Å². The standard InChI is InChI=1S/C9H10O4/c1-13-8(9(11)12)6-3-2-4-7(10)5-6/h2-5,8,10H,1H3,(H,11,12)/t8-/m0/s1. The SMILES string of the molecule is CO[C@H](C(=O)O)c1cccc(O)c1. The molecular weight excluding hydrogens is 172 g/mol. The van der Waals surface area contributed by atoms with E-state index in [1.165, 1.54) is 19.2 Å². The van der Waals surface area contributed by atoms with Crippen molar-refractivity contribution in [1.29, 1.82) is 0 Å². The van der Waals surface area contributed by atoms with Crippen LogP contribution in [0.1, 0.15) is 11.7 Å². The molecular formula is C9H10O4. The second-order valence-electron chi connectivity index (χ2n) is 2.55. The molecule has 13 heavy (non-hydrogen) atoms. The highest BCUT2D eigenvalue weighted by atomic mass is 16.5. The van der Waals surface area contributed by atoms with Crippen LogP contribution in [0.2, 0.25) is 0 Å². The summed E-state index contributed by atoms with van der Waals surface area (Å²) < 4.78 is 4.74. The van der Waals surface area contributed by atoms with Gasteiger partial charge in [0.2, 0.25) is 0 Å². The number of aromatic hydroxyl groups is 1. The van der Waals surface area contributed by atoms with Crippen LogP contribution in [0.4, 0.5) is 0 Å². The van der Waals surface area contributed by atoms with Gasteiger partial charge in [0.05, 0.1) is 0 Å². The Morgan fingerprint density at radius 1 is 1.54 bits per heavy atom. The second-order valence-corrected chi connectivity index (χ2v) is 2.55. The summed E-state index contributed by atoms with van der Waals surface area (Å²) in [6, 6.07) is 5.99. The Balaban J connectivity index is 2.98. The zero-order valence-electron chi connectivity index (χ0n) is 7.10. The summed E-state index contributed by atoms with van der Waals surface area (Å²) in [5, 5.41) is 17.8. The van der Waals surface area contributed by atoms with Gasteiger partial charge in [0.25, 0.3) is 0 Å². The molecule has 4 heteroatoms. The lowest BCUT2D eigenvalue weighted by Crippen LogP contribution is -2.13. The van der Waals surface area contributed by atoms with Crippen LogP contribution in [-0.2, 0) is 9.53 Å². The Kier molecular flexibility index (Phi) is 2.87. The molecule has 1 atom stereocenters. The molecule has 0 amide bonds. The highest BCUT2D eigenvalue weighted by molar-refractivity contribution is 5.74. The van der Waals surface area contributed by atoms with Crippen molar-refractivity contribution in [2.75, 3.05) is 7.11 Å². The fourth-order valence-electron chi connectivity index (χ4n) is 1.07. The van der Waals surface area contributed by atoms with Crippen LogP contribution in [-0.4, -0.2) is 23.3 Å². The quantitative estimate of drug-likeness (QED) is 0.736. The lowest BCUT2D eigenvalue weighted by atomic mass is 10.1. The van der Waals surface area contributed by atoms with E-state index < -0.39 is 12.1 Å². The van der Waals surface area contributed by atoms with Gasteiger partial charge in [-0.1, -0.05) is 12.1 Å². The van der Waals surface area contributed by atoms with Crippen LogP contribution in [0.5, 0.6) is 5.75 Å². The fourth-order valence-corrected chi connectivity index (χ4v) is 1.07. The Bertz CT molecular complexity index is 308. The number of rotatable bonds is 3. The Labute approximate surface area is 75.4 Å². The number of hydrogen-bond acceptors (Lipinski definition) is 3. The fraction of sp³-hybridized carbons (Fsp3) is 0.222. The van der Waals surface area contributed by atoms with E-state index in [9.17, 15) is 4.79 Å². The molecule has 0 aromatic heterocycles. The first-order valence-corrected chi connectivity index (χ1v) is 3.69. The number of phenols is 1. The van der Waals surface area contributed by atoms with Gasteiger partial charge in [0.15, 0.2) is 6.10 Å². The molecule has 0 aliphatic rings. The summed E-state index contributed by atoms with van der Waals surface area (Å²) in [6.45, 7) is 0. The number of carbonyl (C=O) groups is 1. The molecule has 1 aromatic carbocycles. The smallest absolute Gasteiger partial charge is 0.337 e. The van der Waals surface area contributed by atoms with Gasteiger partial charge in [-0.2, -0.15) is 0 Å². The van der Waals surface area contributed by atoms with Crippen molar-refractivity contribution in [3.63, 3.8) is 0 Å². The van der Waals surface area contributed by atoms with E-state index in [1.807, 2.05) is 0 Å². The van der Waals surface area contributed by atoms with Crippen LogP contribution in [0.3, 0.4) is 0 Å². The summed E-state index contributed by atoms with van der Waals surface area (Å²) >= 11 is 0. The van der Waals surface area contributed by atoms with E-state index in [2.05, 4.69) is 0 Å². The van der Waals surface area contributed by atoms with Crippen LogP contribution in [0, 0.1) is 0 Å². The van der Waals surface area contributed by atoms with Gasteiger partial charge in [0, 0.05) is 7.11 Å². The minimum atomic E-state index is -1.08. The number of carboxylic acids is 1. The average Bonchev–Trinajstić information content (AvgIpc) is 2.04. The summed E-state index contributed by atoms with van der Waals surface area (Å²) in [5.74, 6) is -1.05. The maximum atomic E-state index is 10.6. The summed E-state index contributed by atoms with van der Waals surface area (Å²) in [7, 11) is 1.31. The first-order chi connectivity index (χ1) is 6.15. The largest absolute Gasteiger partial charge is 0.508 e. The maximum absolute atomic E-state index is 10.6. The van der Waals surface area contributed by atoms with Crippen molar-refractivity contribution >= 4 is 5.97 Å². The van der Waals surface area contributed by atoms with Crippen molar-refractivity contribution in [1.82, 2.24) is 0 Å². The summed E-state index contributed by atoms with van der Waals surface area (Å²) in [4.78, 5) is 10.6. The van der Waals surface area contributed by atoms with Gasteiger partial charge in [-0.05, 0) is 17.7 Å². The first kappa shape index (κ1) is 9.54. The number of ether oxygens (including phenoxy) is 1. The summed E-state index contributed by atoms with van der Waals surface area (Å²) in [5.41, 5.74) is 0.426. The molecule has 0 aliphatic carbocycles. The van der Waals surface area contributed by atoms with E-state index >= 15 is 0 Å². The van der Waals surface area contributed by atoms with Gasteiger partial charge >= 0.3 is 5.97 Å². The second kappa shape index (κ2) is 3.91. The third-order valence-electron chi connectivity index (χ3n) is 1.63. The molecule has 0 bridgehead atoms. The molecule has 0 saturated heterocycles. The van der Waals surface area contributed by atoms with Crippen molar-refractivity contribution in [3.8, 4) is 5.75 Å². The predicted octanol–water partition coefficient (Wildman–Crippen LogP) is 1.16. The number of carboxylic acid groups (broad SMARTS) is 1. The van der Waals surface area contributed by atoms with Crippen LogP contribution in [0.15, 0.2) is 24.3 Å². The molecule has 0 spiro atoms. The number of phenolic OH excluding ortho intramolecular Hbond substituents is 1. The number of aliphatic carboxylic acids is 1. The number of methoxy groups -OCH3 is 1. The molecule has 1 aromatic rings. The van der Waals surface area contributed by atoms with E-state index in [4.69, 9.17) is 14.9 Å². The molecule has 2 N–H and O–H groups in total. The lowest BCUT2D eigenvalue weighted by molar-refractivity contribution is -0.148. The number of benzene rings is 1. The van der Waals surface area contributed by atoms with Crippen LogP contribution < -0.4 is 0 Å². The van der Waals surface area contributed by atoms with E-state index in [0.29, 0.717) is 5.56 Å². The third kappa shape index (κ3) is 2.19. The lowest BCUT2D eigenvalue weighted by Gasteiger charge is -2.10. The Morgan fingerprint density at radius 2 is 2.23 bits per heavy atom. The maximum Gasteiger partial charge on any atom is 0.337 e. The van der Waals surface area contributed by atoms with Crippen LogP contribution >= 0.6 is 0 Å². The molecule has 0 unspecified atom stereocenters. The highest BCUT2D eigenvalue weighted by Gasteiger charge is 2.18. The normalized spacial score (nSPS) is 12.4. The first-order valence-electron chi connectivity index (χ1n) is 3.69. The zero-order chi connectivity index (χ0) is 9.84. The van der Waals surface area contributed by atoms with Crippen molar-refractivity contribution in [2.45, 2.75) is 6.10 Å². The molecule has 1 rings (SSSR count). The summed E-state index contributed by atoms with van der Waals surface area (Å²) in [6.07, 6.45) is -1.02. The third-order valence-corrected chi connectivity index (χ3v) is 1.63. The van der Waals surface area contributed by atoms with Gasteiger partial charge in [-0.15, -0.1) is 0 Å². The molecule has 0 radical (unpaired) electrons. The molecule has 0 saturated carbocycles. The molecule has 0 heterocycles. The van der Waals surface area contributed by atoms with Gasteiger partial charge in [0.1, 0.15) is 5.75 Å². The Hall–Kier alpha value is -1.55. The van der Waals surface area contributed by atoms with E-state index in [0.717, 1.165) is 0 Å². The topological polar surface area (TPSA) is 66.8 Å². The molecule has 0 aliphatic heterocycles. The Morgan fingerprint density at radius 3 is 2.69 bits per heavy atom. The molecule has 4 nitrogen and oxygen atoms in total. The molecule has 70 valence electrons. The average molecular weight is 182 g/mol. The van der Waals surface area contributed by atoms with Gasteiger partial charge < -0.3 is 14.9 Å². The monoisotopic (exact) mass is 182 g/mol. The van der Waals surface area contributed by atoms with Gasteiger partial charge in [-0.3, -0.25) is 0 Å². The number of hydrogen-bond donors (Lipinski definition) is 2.